The van der Waals surface area contributed by atoms with E-state index in [4.69, 9.17) is 22.1 Å². The number of hydrogen-bond acceptors (Lipinski definition) is 5. The van der Waals surface area contributed by atoms with Gasteiger partial charge in [-0.15, -0.1) is 0 Å². The number of rotatable bonds is 13. The van der Waals surface area contributed by atoms with Gasteiger partial charge < -0.3 is 4.74 Å². The number of para-hydroxylation sites is 1. The van der Waals surface area contributed by atoms with Crippen LogP contribution in [0.4, 0.5) is 4.39 Å². The van der Waals surface area contributed by atoms with Crippen molar-refractivity contribution in [3.05, 3.63) is 107 Å². The van der Waals surface area contributed by atoms with Gasteiger partial charge in [-0.25, -0.2) is 9.07 Å². The van der Waals surface area contributed by atoms with Crippen LogP contribution < -0.4 is 4.74 Å². The Morgan fingerprint density at radius 1 is 0.929 bits per heavy atom. The van der Waals surface area contributed by atoms with Gasteiger partial charge in [0, 0.05) is 23.9 Å². The molecule has 1 fully saturated rings. The van der Waals surface area contributed by atoms with E-state index in [2.05, 4.69) is 6.92 Å². The second kappa shape index (κ2) is 14.4. The molecule has 0 aliphatic carbocycles. The lowest BCUT2D eigenvalue weighted by atomic mass is 10.1. The Labute approximate surface area is 256 Å². The monoisotopic (exact) mass is 599 g/mol. The van der Waals surface area contributed by atoms with E-state index in [9.17, 15) is 9.18 Å². The molecule has 8 heteroatoms. The third-order valence-corrected chi connectivity index (χ3v) is 8.48. The zero-order valence-electron chi connectivity index (χ0n) is 23.7. The van der Waals surface area contributed by atoms with Crippen LogP contribution in [0.15, 0.2) is 90.0 Å². The summed E-state index contributed by atoms with van der Waals surface area (Å²) in [5.41, 5.74) is 4.29. The van der Waals surface area contributed by atoms with Crippen molar-refractivity contribution in [2.45, 2.75) is 52.1 Å². The molecule has 0 bridgehead atoms. The molecule has 2 heterocycles. The van der Waals surface area contributed by atoms with E-state index >= 15 is 0 Å². The third-order valence-electron chi connectivity index (χ3n) is 7.11. The second-order valence-electron chi connectivity index (χ2n) is 10.3. The molecule has 0 N–H and O–H groups in total. The maximum Gasteiger partial charge on any atom is 0.266 e. The topological polar surface area (TPSA) is 47.4 Å². The number of unbranched alkanes of at least 4 members (excludes halogenated alkanes) is 5. The van der Waals surface area contributed by atoms with Crippen molar-refractivity contribution in [1.82, 2.24) is 14.7 Å². The van der Waals surface area contributed by atoms with Gasteiger partial charge in [-0.1, -0.05) is 93.3 Å². The molecule has 0 spiro atoms. The summed E-state index contributed by atoms with van der Waals surface area (Å²) in [6.45, 7) is 3.21. The number of carbonyl (C=O) groups excluding carboxylic acids is 1. The largest absolute Gasteiger partial charge is 0.489 e. The molecule has 5 nitrogen and oxygen atoms in total. The van der Waals surface area contributed by atoms with Gasteiger partial charge in [0.15, 0.2) is 0 Å². The molecule has 1 aromatic heterocycles. The normalized spacial score (nSPS) is 14.2. The minimum atomic E-state index is -0.270. The number of benzene rings is 3. The van der Waals surface area contributed by atoms with E-state index < -0.39 is 0 Å². The number of thiocarbonyl (C=S) groups is 1. The molecule has 0 atom stereocenters. The van der Waals surface area contributed by atoms with E-state index in [1.807, 2.05) is 71.6 Å². The highest BCUT2D eigenvalue weighted by molar-refractivity contribution is 8.26. The summed E-state index contributed by atoms with van der Waals surface area (Å²) in [4.78, 5) is 15.7. The maximum atomic E-state index is 13.3. The summed E-state index contributed by atoms with van der Waals surface area (Å²) in [6.07, 6.45) is 10.8. The molecule has 1 aliphatic rings. The minimum absolute atomic E-state index is 0.0403. The Bertz CT molecular complexity index is 1530. The lowest BCUT2D eigenvalue weighted by Crippen LogP contribution is -2.29. The molecule has 0 radical (unpaired) electrons. The Morgan fingerprint density at radius 3 is 2.38 bits per heavy atom. The predicted octanol–water partition coefficient (Wildman–Crippen LogP) is 8.82. The number of hydrogen-bond donors (Lipinski definition) is 0. The molecule has 42 heavy (non-hydrogen) atoms. The molecular formula is C34H34FN3O2S2. The van der Waals surface area contributed by atoms with Gasteiger partial charge in [0.1, 0.15) is 22.5 Å². The zero-order valence-corrected chi connectivity index (χ0v) is 25.3. The van der Waals surface area contributed by atoms with Crippen molar-refractivity contribution in [2.24, 2.45) is 0 Å². The van der Waals surface area contributed by atoms with Crippen LogP contribution in [0.25, 0.3) is 23.0 Å². The summed E-state index contributed by atoms with van der Waals surface area (Å²) in [6, 6.07) is 23.9. The van der Waals surface area contributed by atoms with Gasteiger partial charge in [-0.3, -0.25) is 9.69 Å². The second-order valence-corrected chi connectivity index (χ2v) is 11.9. The minimum Gasteiger partial charge on any atom is -0.489 e. The first-order valence-electron chi connectivity index (χ1n) is 14.4. The molecule has 0 unspecified atom stereocenters. The lowest BCUT2D eigenvalue weighted by Gasteiger charge is -2.13. The molecule has 4 aromatic rings. The van der Waals surface area contributed by atoms with Crippen LogP contribution >= 0.6 is 24.0 Å². The predicted molar refractivity (Wildman–Crippen MR) is 173 cm³/mol. The molecule has 3 aromatic carbocycles. The Hall–Kier alpha value is -3.75. The molecular weight excluding hydrogens is 566 g/mol. The first-order chi connectivity index (χ1) is 20.5. The van der Waals surface area contributed by atoms with Gasteiger partial charge in [0.25, 0.3) is 5.91 Å². The van der Waals surface area contributed by atoms with Crippen LogP contribution in [0.5, 0.6) is 5.75 Å². The third kappa shape index (κ3) is 7.55. The zero-order chi connectivity index (χ0) is 29.3. The summed E-state index contributed by atoms with van der Waals surface area (Å²) in [5.74, 6) is 0.387. The standard InChI is InChI=1S/C34H34FN3O2S2/c1-2-3-4-5-6-10-21-37-33(39)31(42-34(37)41)22-27-23-38(29-11-8-7-9-12-29)36-32(27)26-15-19-30(20-16-26)40-24-25-13-17-28(35)18-14-25/h7-9,11-20,22-23H,2-6,10,21,24H2,1H3. The first kappa shape index (κ1) is 29.7. The van der Waals surface area contributed by atoms with Crippen LogP contribution in [-0.2, 0) is 11.4 Å². The Kier molecular flexibility index (Phi) is 10.2. The number of ether oxygens (including phenoxy) is 1. The van der Waals surface area contributed by atoms with Crippen LogP contribution in [0.3, 0.4) is 0 Å². The average molecular weight is 600 g/mol. The summed E-state index contributed by atoms with van der Waals surface area (Å²) >= 11 is 6.95. The maximum absolute atomic E-state index is 13.3. The van der Waals surface area contributed by atoms with Gasteiger partial charge in [-0.2, -0.15) is 5.10 Å². The number of nitrogens with zero attached hydrogens (tertiary/aromatic N) is 3. The summed E-state index contributed by atoms with van der Waals surface area (Å²) in [7, 11) is 0. The van der Waals surface area contributed by atoms with E-state index in [1.165, 1.54) is 49.6 Å². The van der Waals surface area contributed by atoms with Gasteiger partial charge in [-0.05, 0) is 66.6 Å². The van der Waals surface area contributed by atoms with Crippen molar-refractivity contribution in [2.75, 3.05) is 6.54 Å². The number of aromatic nitrogens is 2. The Balaban J connectivity index is 1.35. The molecule has 216 valence electrons. The van der Waals surface area contributed by atoms with E-state index in [0.717, 1.165) is 40.9 Å². The van der Waals surface area contributed by atoms with Crippen molar-refractivity contribution in [3.63, 3.8) is 0 Å². The van der Waals surface area contributed by atoms with E-state index in [0.29, 0.717) is 28.1 Å². The number of amides is 1. The summed E-state index contributed by atoms with van der Waals surface area (Å²) in [5, 5.41) is 4.90. The van der Waals surface area contributed by atoms with Crippen LogP contribution in [-0.4, -0.2) is 31.5 Å². The van der Waals surface area contributed by atoms with Crippen LogP contribution in [0.1, 0.15) is 56.6 Å². The highest BCUT2D eigenvalue weighted by Gasteiger charge is 2.32. The smallest absolute Gasteiger partial charge is 0.266 e. The van der Waals surface area contributed by atoms with Gasteiger partial charge in [0.05, 0.1) is 16.3 Å². The highest BCUT2D eigenvalue weighted by atomic mass is 32.2. The number of halogens is 1. The van der Waals surface area contributed by atoms with Crippen LogP contribution in [0.2, 0.25) is 0 Å². The van der Waals surface area contributed by atoms with Crippen molar-refractivity contribution >= 4 is 40.3 Å². The van der Waals surface area contributed by atoms with Gasteiger partial charge >= 0.3 is 0 Å². The first-order valence-corrected chi connectivity index (χ1v) is 15.6. The van der Waals surface area contributed by atoms with Crippen LogP contribution in [0, 0.1) is 5.82 Å². The highest BCUT2D eigenvalue weighted by Crippen LogP contribution is 2.35. The Morgan fingerprint density at radius 2 is 1.64 bits per heavy atom. The number of thioether (sulfide) groups is 1. The molecule has 1 saturated heterocycles. The fraction of sp³-hybridized carbons (Fsp3) is 0.265. The summed E-state index contributed by atoms with van der Waals surface area (Å²) < 4.78 is 21.5. The quantitative estimate of drug-likeness (QED) is 0.0873. The molecule has 1 aliphatic heterocycles. The fourth-order valence-electron chi connectivity index (χ4n) is 4.77. The SMILES string of the molecule is CCCCCCCCN1C(=O)C(=Cc2cn(-c3ccccc3)nc2-c2ccc(OCc3ccc(F)cc3)cc2)SC1=S. The number of carbonyl (C=O) groups is 1. The fourth-order valence-corrected chi connectivity index (χ4v) is 6.07. The van der Waals surface area contributed by atoms with E-state index in [-0.39, 0.29) is 11.7 Å². The van der Waals surface area contributed by atoms with E-state index in [1.54, 1.807) is 17.0 Å². The van der Waals surface area contributed by atoms with Crippen molar-refractivity contribution in [3.8, 4) is 22.7 Å². The molecule has 0 saturated carbocycles. The van der Waals surface area contributed by atoms with Gasteiger partial charge in [0.2, 0.25) is 0 Å². The molecule has 1 amide bonds. The average Bonchev–Trinajstić information content (AvgIpc) is 3.55. The molecule has 5 rings (SSSR count). The lowest BCUT2D eigenvalue weighted by molar-refractivity contribution is -0.122. The van der Waals surface area contributed by atoms with Crippen molar-refractivity contribution in [1.29, 1.82) is 0 Å². The van der Waals surface area contributed by atoms with Crippen molar-refractivity contribution < 1.29 is 13.9 Å².